The summed E-state index contributed by atoms with van der Waals surface area (Å²) in [6.07, 6.45) is 4.04. The van der Waals surface area contributed by atoms with Crippen molar-refractivity contribution >= 4 is 35.8 Å². The van der Waals surface area contributed by atoms with Crippen LogP contribution in [0.3, 0.4) is 0 Å². The highest BCUT2D eigenvalue weighted by atomic mass is 127. The van der Waals surface area contributed by atoms with E-state index in [0.717, 1.165) is 19.5 Å². The van der Waals surface area contributed by atoms with Crippen LogP contribution in [0.25, 0.3) is 0 Å². The maximum atomic E-state index is 11.7. The third-order valence-corrected chi connectivity index (χ3v) is 3.30. The Labute approximate surface area is 126 Å². The standard InChI is InChI=1S/C12H22N4O.HI/c1-2-5-14-12(13)15-7-9-6-11(17)16(8-9)10-3-4-10;/h9-10H,2-8H2,1H3,(H3,13,14,15);1H. The number of guanidine groups is 1. The first-order chi connectivity index (χ1) is 8.20. The molecule has 6 heteroatoms. The van der Waals surface area contributed by atoms with Crippen LogP contribution >= 0.6 is 24.0 Å². The van der Waals surface area contributed by atoms with E-state index in [1.807, 2.05) is 4.90 Å². The number of aliphatic imine (C=N–C) groups is 1. The number of nitrogens with two attached hydrogens (primary N) is 1. The van der Waals surface area contributed by atoms with E-state index in [2.05, 4.69) is 17.2 Å². The second kappa shape index (κ2) is 7.16. The van der Waals surface area contributed by atoms with E-state index in [-0.39, 0.29) is 24.0 Å². The van der Waals surface area contributed by atoms with Crippen LogP contribution in [0.1, 0.15) is 32.6 Å². The molecule has 104 valence electrons. The number of nitrogens with zero attached hydrogens (tertiary/aromatic N) is 2. The Morgan fingerprint density at radius 1 is 1.56 bits per heavy atom. The first-order valence-corrected chi connectivity index (χ1v) is 6.54. The number of nitrogens with one attached hydrogen (secondary N) is 1. The fourth-order valence-electron chi connectivity index (χ4n) is 2.21. The quantitative estimate of drug-likeness (QED) is 0.432. The van der Waals surface area contributed by atoms with Crippen LogP contribution in [0.2, 0.25) is 0 Å². The maximum absolute atomic E-state index is 11.7. The second-order valence-electron chi connectivity index (χ2n) is 5.00. The highest BCUT2D eigenvalue weighted by molar-refractivity contribution is 14.0. The molecule has 1 unspecified atom stereocenters. The predicted octanol–water partition coefficient (Wildman–Crippen LogP) is 0.930. The second-order valence-corrected chi connectivity index (χ2v) is 5.00. The molecule has 1 saturated carbocycles. The monoisotopic (exact) mass is 366 g/mol. The van der Waals surface area contributed by atoms with E-state index in [1.54, 1.807) is 0 Å². The van der Waals surface area contributed by atoms with Crippen LogP contribution in [0.5, 0.6) is 0 Å². The van der Waals surface area contributed by atoms with Crippen molar-refractivity contribution in [1.29, 1.82) is 0 Å². The minimum atomic E-state index is 0. The van der Waals surface area contributed by atoms with Gasteiger partial charge < -0.3 is 16.0 Å². The first-order valence-electron chi connectivity index (χ1n) is 6.54. The lowest BCUT2D eigenvalue weighted by atomic mass is 10.1. The lowest BCUT2D eigenvalue weighted by Crippen LogP contribution is -2.33. The molecule has 0 radical (unpaired) electrons. The number of hydrogen-bond acceptors (Lipinski definition) is 2. The van der Waals surface area contributed by atoms with Gasteiger partial charge in [0.05, 0.1) is 0 Å². The number of amides is 1. The van der Waals surface area contributed by atoms with Gasteiger partial charge in [-0.1, -0.05) is 6.92 Å². The minimum Gasteiger partial charge on any atom is -0.370 e. The summed E-state index contributed by atoms with van der Waals surface area (Å²) in [7, 11) is 0. The van der Waals surface area contributed by atoms with Gasteiger partial charge in [-0.2, -0.15) is 0 Å². The van der Waals surface area contributed by atoms with Crippen LogP contribution in [0.4, 0.5) is 0 Å². The molecule has 18 heavy (non-hydrogen) atoms. The molecule has 1 saturated heterocycles. The van der Waals surface area contributed by atoms with Gasteiger partial charge in [-0.3, -0.25) is 9.79 Å². The van der Waals surface area contributed by atoms with Crippen molar-refractivity contribution in [3.05, 3.63) is 0 Å². The zero-order valence-corrected chi connectivity index (χ0v) is 13.2. The van der Waals surface area contributed by atoms with Crippen molar-refractivity contribution < 1.29 is 4.79 Å². The highest BCUT2D eigenvalue weighted by Crippen LogP contribution is 2.32. The summed E-state index contributed by atoms with van der Waals surface area (Å²) < 4.78 is 0. The van der Waals surface area contributed by atoms with Gasteiger partial charge in [0.25, 0.3) is 0 Å². The smallest absolute Gasteiger partial charge is 0.223 e. The molecule has 1 atom stereocenters. The lowest BCUT2D eigenvalue weighted by molar-refractivity contribution is -0.128. The van der Waals surface area contributed by atoms with Gasteiger partial charge in [-0.05, 0) is 19.3 Å². The van der Waals surface area contributed by atoms with Gasteiger partial charge in [0.1, 0.15) is 0 Å². The summed E-state index contributed by atoms with van der Waals surface area (Å²) in [5.41, 5.74) is 5.72. The fraction of sp³-hybridized carbons (Fsp3) is 0.833. The summed E-state index contributed by atoms with van der Waals surface area (Å²) >= 11 is 0. The number of rotatable bonds is 5. The van der Waals surface area contributed by atoms with E-state index >= 15 is 0 Å². The average Bonchev–Trinajstić information content (AvgIpc) is 3.08. The van der Waals surface area contributed by atoms with Crippen molar-refractivity contribution in [2.45, 2.75) is 38.6 Å². The number of carbonyl (C=O) groups is 1. The molecule has 2 aliphatic rings. The topological polar surface area (TPSA) is 70.7 Å². The summed E-state index contributed by atoms with van der Waals surface area (Å²) in [6.45, 7) is 4.47. The molecule has 5 nitrogen and oxygen atoms in total. The third-order valence-electron chi connectivity index (χ3n) is 3.30. The summed E-state index contributed by atoms with van der Waals surface area (Å²) in [5, 5.41) is 3.04. The normalized spacial score (nSPS) is 24.1. The van der Waals surface area contributed by atoms with Gasteiger partial charge in [0.15, 0.2) is 5.96 Å². The number of carbonyl (C=O) groups excluding carboxylic acids is 1. The van der Waals surface area contributed by atoms with Crippen LogP contribution in [-0.4, -0.2) is 42.4 Å². The number of hydrogen-bond donors (Lipinski definition) is 2. The summed E-state index contributed by atoms with van der Waals surface area (Å²) in [4.78, 5) is 18.0. The molecule has 0 aromatic carbocycles. The van der Waals surface area contributed by atoms with E-state index in [0.29, 0.717) is 36.8 Å². The van der Waals surface area contributed by atoms with Crippen molar-refractivity contribution in [3.63, 3.8) is 0 Å². The maximum Gasteiger partial charge on any atom is 0.223 e. The number of halogens is 1. The Kier molecular flexibility index (Phi) is 6.17. The van der Waals surface area contributed by atoms with Gasteiger partial charge >= 0.3 is 0 Å². The van der Waals surface area contributed by atoms with Gasteiger partial charge in [-0.25, -0.2) is 0 Å². The van der Waals surface area contributed by atoms with Crippen LogP contribution < -0.4 is 11.1 Å². The van der Waals surface area contributed by atoms with Crippen molar-refractivity contribution in [2.75, 3.05) is 19.6 Å². The Morgan fingerprint density at radius 3 is 2.89 bits per heavy atom. The predicted molar refractivity (Wildman–Crippen MR) is 83.0 cm³/mol. The zero-order chi connectivity index (χ0) is 12.3. The highest BCUT2D eigenvalue weighted by Gasteiger charge is 2.38. The summed E-state index contributed by atoms with van der Waals surface area (Å²) in [6, 6.07) is 0.534. The van der Waals surface area contributed by atoms with E-state index in [4.69, 9.17) is 5.73 Å². The van der Waals surface area contributed by atoms with Crippen molar-refractivity contribution in [1.82, 2.24) is 10.2 Å². The van der Waals surface area contributed by atoms with Gasteiger partial charge in [0.2, 0.25) is 5.91 Å². The molecule has 1 amide bonds. The molecular formula is C12H23IN4O. The molecule has 2 rings (SSSR count). The molecule has 0 bridgehead atoms. The third kappa shape index (κ3) is 4.29. The molecular weight excluding hydrogens is 343 g/mol. The SMILES string of the molecule is CCCNC(N)=NCC1CC(=O)N(C2CC2)C1.I. The average molecular weight is 366 g/mol. The van der Waals surface area contributed by atoms with Gasteiger partial charge in [0, 0.05) is 38.0 Å². The van der Waals surface area contributed by atoms with Crippen molar-refractivity contribution in [3.8, 4) is 0 Å². The summed E-state index contributed by atoms with van der Waals surface area (Å²) in [5.74, 6) is 1.15. The molecule has 3 N–H and O–H groups in total. The Hall–Kier alpha value is -0.530. The Morgan fingerprint density at radius 2 is 2.28 bits per heavy atom. The molecule has 0 aromatic rings. The lowest BCUT2D eigenvalue weighted by Gasteiger charge is -2.14. The van der Waals surface area contributed by atoms with Crippen LogP contribution in [0.15, 0.2) is 4.99 Å². The molecule has 1 aliphatic heterocycles. The van der Waals surface area contributed by atoms with E-state index in [1.165, 1.54) is 12.8 Å². The molecule has 0 aromatic heterocycles. The van der Waals surface area contributed by atoms with Crippen LogP contribution in [-0.2, 0) is 4.79 Å². The molecule has 0 spiro atoms. The van der Waals surface area contributed by atoms with E-state index in [9.17, 15) is 4.79 Å². The van der Waals surface area contributed by atoms with Gasteiger partial charge in [-0.15, -0.1) is 24.0 Å². The van der Waals surface area contributed by atoms with Crippen LogP contribution in [0, 0.1) is 5.92 Å². The fourth-order valence-corrected chi connectivity index (χ4v) is 2.21. The molecule has 2 fully saturated rings. The zero-order valence-electron chi connectivity index (χ0n) is 10.9. The van der Waals surface area contributed by atoms with Crippen molar-refractivity contribution in [2.24, 2.45) is 16.6 Å². The molecule has 1 aliphatic carbocycles. The molecule has 1 heterocycles. The Balaban J connectivity index is 0.00000162. The number of likely N-dealkylation sites (tertiary alicyclic amines) is 1. The largest absolute Gasteiger partial charge is 0.370 e. The van der Waals surface area contributed by atoms with E-state index < -0.39 is 0 Å². The first kappa shape index (κ1) is 15.5. The minimum absolute atomic E-state index is 0. The Bertz CT molecular complexity index is 317.